The molecule has 0 spiro atoms. The number of carbonyl (C=O) groups is 1. The van der Waals surface area contributed by atoms with Crippen molar-refractivity contribution in [3.63, 3.8) is 0 Å². The zero-order chi connectivity index (χ0) is 10.2. The highest BCUT2D eigenvalue weighted by Gasteiger charge is 2.45. The van der Waals surface area contributed by atoms with E-state index in [-0.39, 0.29) is 0 Å². The highest BCUT2D eigenvalue weighted by atomic mass is 19.1. The largest absolute Gasteiger partial charge is 0.302 e. The molecule has 0 aliphatic heterocycles. The number of hydrogen-bond acceptors (Lipinski definition) is 1. The molecule has 1 aliphatic carbocycles. The molecule has 0 heterocycles. The third-order valence-electron chi connectivity index (χ3n) is 3.02. The Bertz CT molecular complexity index is 336. The molecule has 0 atom stereocenters. The van der Waals surface area contributed by atoms with Gasteiger partial charge in [-0.05, 0) is 25.3 Å². The van der Waals surface area contributed by atoms with Gasteiger partial charge in [0.15, 0.2) is 0 Å². The van der Waals surface area contributed by atoms with Gasteiger partial charge < -0.3 is 4.79 Å². The van der Waals surface area contributed by atoms with Crippen molar-refractivity contribution in [2.45, 2.75) is 31.4 Å². The van der Waals surface area contributed by atoms with Crippen LogP contribution in [0.2, 0.25) is 0 Å². The van der Waals surface area contributed by atoms with Crippen molar-refractivity contribution >= 4 is 6.29 Å². The lowest BCUT2D eigenvalue weighted by Crippen LogP contribution is -2.43. The van der Waals surface area contributed by atoms with E-state index >= 15 is 0 Å². The molecule has 1 aromatic rings. The summed E-state index contributed by atoms with van der Waals surface area (Å²) >= 11 is 0. The molecule has 1 aliphatic rings. The molecule has 2 rings (SSSR count). The van der Waals surface area contributed by atoms with Gasteiger partial charge >= 0.3 is 0 Å². The van der Waals surface area contributed by atoms with E-state index in [0.29, 0.717) is 12.8 Å². The second-order valence-electron chi connectivity index (χ2n) is 4.15. The summed E-state index contributed by atoms with van der Waals surface area (Å²) in [5.41, 5.74) is 1.57. The van der Waals surface area contributed by atoms with Crippen LogP contribution in [0.3, 0.4) is 0 Å². The van der Waals surface area contributed by atoms with Crippen molar-refractivity contribution in [1.82, 2.24) is 0 Å². The van der Waals surface area contributed by atoms with E-state index < -0.39 is 11.6 Å². The number of hydrogen-bond donors (Lipinski definition) is 0. The van der Waals surface area contributed by atoms with Crippen LogP contribution in [0.1, 0.15) is 24.0 Å². The minimum Gasteiger partial charge on any atom is -0.302 e. The molecule has 1 fully saturated rings. The van der Waals surface area contributed by atoms with E-state index in [4.69, 9.17) is 0 Å². The van der Waals surface area contributed by atoms with Crippen molar-refractivity contribution in [2.24, 2.45) is 0 Å². The first-order valence-corrected chi connectivity index (χ1v) is 4.84. The lowest BCUT2D eigenvalue weighted by atomic mass is 9.64. The van der Waals surface area contributed by atoms with Gasteiger partial charge in [-0.25, -0.2) is 4.39 Å². The van der Waals surface area contributed by atoms with Gasteiger partial charge in [0, 0.05) is 0 Å². The Morgan fingerprint density at radius 3 is 2.36 bits per heavy atom. The van der Waals surface area contributed by atoms with Gasteiger partial charge in [-0.1, -0.05) is 29.8 Å². The molecule has 0 N–H and O–H groups in total. The van der Waals surface area contributed by atoms with Crippen molar-refractivity contribution in [1.29, 1.82) is 0 Å². The summed E-state index contributed by atoms with van der Waals surface area (Å²) in [5, 5.41) is 0. The molecule has 1 saturated carbocycles. The van der Waals surface area contributed by atoms with Gasteiger partial charge in [0.1, 0.15) is 12.5 Å². The zero-order valence-corrected chi connectivity index (χ0v) is 8.16. The van der Waals surface area contributed by atoms with Crippen molar-refractivity contribution in [2.75, 3.05) is 0 Å². The average molecular weight is 192 g/mol. The molecule has 74 valence electrons. The second-order valence-corrected chi connectivity index (χ2v) is 4.15. The van der Waals surface area contributed by atoms with Crippen LogP contribution in [-0.4, -0.2) is 12.5 Å². The van der Waals surface area contributed by atoms with Crippen LogP contribution in [0.4, 0.5) is 4.39 Å². The molecule has 1 nitrogen and oxygen atoms in total. The number of aldehydes is 1. The summed E-state index contributed by atoms with van der Waals surface area (Å²) in [6.07, 6.45) is 0.786. The molecule has 14 heavy (non-hydrogen) atoms. The lowest BCUT2D eigenvalue weighted by Gasteiger charge is -2.40. The maximum Gasteiger partial charge on any atom is 0.130 e. The fourth-order valence-corrected chi connectivity index (χ4v) is 2.02. The Labute approximate surface area is 82.9 Å². The predicted octanol–water partition coefficient (Wildman–Crippen LogP) is 2.56. The molecule has 1 aromatic carbocycles. The molecular weight excluding hydrogens is 179 g/mol. The van der Waals surface area contributed by atoms with Crippen molar-refractivity contribution in [3.05, 3.63) is 35.4 Å². The van der Waals surface area contributed by atoms with Gasteiger partial charge in [0.25, 0.3) is 0 Å². The van der Waals surface area contributed by atoms with Crippen molar-refractivity contribution in [3.8, 4) is 0 Å². The van der Waals surface area contributed by atoms with Crippen LogP contribution in [0, 0.1) is 6.92 Å². The number of halogens is 1. The second kappa shape index (κ2) is 3.19. The molecule has 0 saturated heterocycles. The van der Waals surface area contributed by atoms with E-state index in [1.807, 2.05) is 31.2 Å². The quantitative estimate of drug-likeness (QED) is 0.658. The molecule has 0 unspecified atom stereocenters. The van der Waals surface area contributed by atoms with Crippen LogP contribution < -0.4 is 0 Å². The van der Waals surface area contributed by atoms with Gasteiger partial charge in [-0.3, -0.25) is 0 Å². The summed E-state index contributed by atoms with van der Waals surface area (Å²) in [4.78, 5) is 11.0. The Balaban J connectivity index is 2.29. The molecule has 2 heteroatoms. The Morgan fingerprint density at radius 2 is 1.93 bits per heavy atom. The molecule has 0 aromatic heterocycles. The highest BCUT2D eigenvalue weighted by Crippen LogP contribution is 2.43. The van der Waals surface area contributed by atoms with Crippen LogP contribution in [0.5, 0.6) is 0 Å². The van der Waals surface area contributed by atoms with Crippen molar-refractivity contribution < 1.29 is 9.18 Å². The smallest absolute Gasteiger partial charge is 0.130 e. The molecule has 0 radical (unpaired) electrons. The van der Waals surface area contributed by atoms with E-state index in [1.54, 1.807) is 0 Å². The van der Waals surface area contributed by atoms with E-state index in [9.17, 15) is 9.18 Å². The van der Waals surface area contributed by atoms with Crippen LogP contribution in [0.15, 0.2) is 24.3 Å². The Kier molecular flexibility index (Phi) is 2.14. The molecular formula is C12H13FO. The third-order valence-corrected chi connectivity index (χ3v) is 3.02. The average Bonchev–Trinajstić information content (AvgIpc) is 2.14. The van der Waals surface area contributed by atoms with E-state index in [2.05, 4.69) is 0 Å². The summed E-state index contributed by atoms with van der Waals surface area (Å²) < 4.78 is 12.8. The molecule has 0 amide bonds. The van der Waals surface area contributed by atoms with Crippen LogP contribution >= 0.6 is 0 Å². The first kappa shape index (κ1) is 9.38. The first-order valence-electron chi connectivity index (χ1n) is 4.84. The standard InChI is InChI=1S/C12H13FO/c1-9-2-4-10(5-3-9)12(8-14)6-11(13)7-12/h2-5,8,11H,6-7H2,1H3. The first-order chi connectivity index (χ1) is 6.66. The highest BCUT2D eigenvalue weighted by molar-refractivity contribution is 5.70. The third kappa shape index (κ3) is 1.35. The Hall–Kier alpha value is -1.18. The lowest BCUT2D eigenvalue weighted by molar-refractivity contribution is -0.117. The van der Waals surface area contributed by atoms with Crippen LogP contribution in [-0.2, 0) is 10.2 Å². The zero-order valence-electron chi connectivity index (χ0n) is 8.16. The minimum absolute atomic E-state index is 0.347. The number of aryl methyl sites for hydroxylation is 1. The summed E-state index contributed by atoms with van der Waals surface area (Å²) in [7, 11) is 0. The number of rotatable bonds is 2. The molecule has 0 bridgehead atoms. The monoisotopic (exact) mass is 192 g/mol. The summed E-state index contributed by atoms with van der Waals surface area (Å²) in [6.45, 7) is 2.00. The SMILES string of the molecule is Cc1ccc(C2(C=O)CC(F)C2)cc1. The Morgan fingerprint density at radius 1 is 1.36 bits per heavy atom. The number of carbonyl (C=O) groups excluding carboxylic acids is 1. The van der Waals surface area contributed by atoms with Crippen LogP contribution in [0.25, 0.3) is 0 Å². The van der Waals surface area contributed by atoms with Gasteiger partial charge in [0.05, 0.1) is 5.41 Å². The van der Waals surface area contributed by atoms with Gasteiger partial charge in [0.2, 0.25) is 0 Å². The maximum absolute atomic E-state index is 12.8. The number of alkyl halides is 1. The summed E-state index contributed by atoms with van der Waals surface area (Å²) in [6, 6.07) is 7.78. The fourth-order valence-electron chi connectivity index (χ4n) is 2.02. The van der Waals surface area contributed by atoms with Gasteiger partial charge in [-0.2, -0.15) is 0 Å². The van der Waals surface area contributed by atoms with E-state index in [1.165, 1.54) is 0 Å². The number of benzene rings is 1. The fraction of sp³-hybridized carbons (Fsp3) is 0.417. The predicted molar refractivity (Wildman–Crippen MR) is 53.1 cm³/mol. The minimum atomic E-state index is -0.804. The summed E-state index contributed by atoms with van der Waals surface area (Å²) in [5.74, 6) is 0. The topological polar surface area (TPSA) is 17.1 Å². The maximum atomic E-state index is 12.8. The normalized spacial score (nSPS) is 30.9. The van der Waals surface area contributed by atoms with E-state index in [0.717, 1.165) is 17.4 Å². The van der Waals surface area contributed by atoms with Gasteiger partial charge in [-0.15, -0.1) is 0 Å².